The van der Waals surface area contributed by atoms with Gasteiger partial charge in [-0.2, -0.15) is 5.26 Å². The van der Waals surface area contributed by atoms with Gasteiger partial charge in [-0.05, 0) is 24.3 Å². The molecule has 3 fully saturated rings. The maximum atomic E-state index is 12.9. The van der Waals surface area contributed by atoms with E-state index in [1.165, 1.54) is 4.90 Å². The molecule has 1 N–H and O–H groups in total. The van der Waals surface area contributed by atoms with Gasteiger partial charge in [0.2, 0.25) is 5.91 Å². The van der Waals surface area contributed by atoms with Gasteiger partial charge in [0.25, 0.3) is 5.91 Å². The van der Waals surface area contributed by atoms with Gasteiger partial charge in [0.05, 0.1) is 36.2 Å². The van der Waals surface area contributed by atoms with Gasteiger partial charge in [0.1, 0.15) is 11.6 Å². The van der Waals surface area contributed by atoms with Crippen LogP contribution in [0.2, 0.25) is 0 Å². The van der Waals surface area contributed by atoms with Crippen LogP contribution >= 0.6 is 11.8 Å². The number of carbonyl (C=O) groups excluding carboxylic acids is 2. The third-order valence-corrected chi connectivity index (χ3v) is 7.93. The molecule has 0 bridgehead atoms. The Kier molecular flexibility index (Phi) is 5.02. The molecule has 3 aliphatic heterocycles. The summed E-state index contributed by atoms with van der Waals surface area (Å²) >= 11 is 1.54. The van der Waals surface area contributed by atoms with Crippen LogP contribution in [0.25, 0.3) is 10.9 Å². The third-order valence-electron chi connectivity index (χ3n) is 6.92. The predicted octanol–water partition coefficient (Wildman–Crippen LogP) is 2.00. The van der Waals surface area contributed by atoms with Gasteiger partial charge >= 0.3 is 0 Å². The molecule has 0 radical (unpaired) electrons. The summed E-state index contributed by atoms with van der Waals surface area (Å²) in [5.74, 6) is 0.509. The second-order valence-corrected chi connectivity index (χ2v) is 10.3. The lowest BCUT2D eigenvalue weighted by atomic mass is 9.66. The van der Waals surface area contributed by atoms with E-state index in [4.69, 9.17) is 4.74 Å². The largest absolute Gasteiger partial charge is 0.370 e. The smallest absolute Gasteiger partial charge is 0.252 e. The van der Waals surface area contributed by atoms with Crippen molar-refractivity contribution < 1.29 is 14.3 Å². The summed E-state index contributed by atoms with van der Waals surface area (Å²) in [6.07, 6.45) is 1.60. The lowest BCUT2D eigenvalue weighted by Gasteiger charge is -2.65. The highest BCUT2D eigenvalue weighted by Crippen LogP contribution is 2.51. The van der Waals surface area contributed by atoms with Crippen LogP contribution in [-0.2, 0) is 9.53 Å². The molecule has 1 atom stereocenters. The van der Waals surface area contributed by atoms with Crippen LogP contribution in [0.5, 0.6) is 0 Å². The molecule has 0 aliphatic carbocycles. The molecule has 5 rings (SSSR count). The summed E-state index contributed by atoms with van der Waals surface area (Å²) in [4.78, 5) is 33.5. The van der Waals surface area contributed by atoms with Crippen molar-refractivity contribution in [1.82, 2.24) is 15.2 Å². The molecule has 8 nitrogen and oxygen atoms in total. The van der Waals surface area contributed by atoms with E-state index in [0.717, 1.165) is 36.3 Å². The molecular formula is C23H25N5O3S. The standard InChI is InChI=1S/C23H25N5O3S/c1-22(2)13-31-23(22)11-27(12-23)15-3-4-19-18(7-15)17(5-6-25-19)21(30)26-9-20(29)28-14-32-10-16(28)8-24/h3-7,16H,9-14H2,1-2H3,(H,26,30)/t16-/m1/s1. The number of aromatic nitrogens is 1. The number of rotatable bonds is 4. The molecular weight excluding hydrogens is 426 g/mol. The Morgan fingerprint density at radius 2 is 2.16 bits per heavy atom. The van der Waals surface area contributed by atoms with Gasteiger partial charge in [0.15, 0.2) is 0 Å². The average Bonchev–Trinajstić information content (AvgIpc) is 3.24. The van der Waals surface area contributed by atoms with E-state index < -0.39 is 6.04 Å². The van der Waals surface area contributed by atoms with E-state index in [1.54, 1.807) is 24.0 Å². The maximum Gasteiger partial charge on any atom is 0.252 e. The Morgan fingerprint density at radius 3 is 2.84 bits per heavy atom. The molecule has 3 saturated heterocycles. The summed E-state index contributed by atoms with van der Waals surface area (Å²) in [5, 5.41) is 12.6. The number of anilines is 1. The quantitative estimate of drug-likeness (QED) is 0.759. The summed E-state index contributed by atoms with van der Waals surface area (Å²) in [6.45, 7) is 6.79. The van der Waals surface area contributed by atoms with Crippen LogP contribution in [0.1, 0.15) is 24.2 Å². The van der Waals surface area contributed by atoms with Crippen molar-refractivity contribution in [2.75, 3.05) is 42.8 Å². The SMILES string of the molecule is CC1(C)COC12CN(c1ccc3nccc(C(=O)NCC(=O)N4CSC[C@H]4C#N)c3c1)C2. The van der Waals surface area contributed by atoms with E-state index in [0.29, 0.717) is 17.2 Å². The van der Waals surface area contributed by atoms with Crippen LogP contribution in [0.3, 0.4) is 0 Å². The lowest BCUT2D eigenvalue weighted by Crippen LogP contribution is -2.77. The Hall–Kier alpha value is -2.83. The summed E-state index contributed by atoms with van der Waals surface area (Å²) < 4.78 is 5.91. The Bertz CT molecular complexity index is 1140. The number of carbonyl (C=O) groups is 2. The van der Waals surface area contributed by atoms with Crippen molar-refractivity contribution in [3.05, 3.63) is 36.0 Å². The Morgan fingerprint density at radius 1 is 1.34 bits per heavy atom. The minimum atomic E-state index is -0.432. The van der Waals surface area contributed by atoms with Gasteiger partial charge < -0.3 is 19.9 Å². The number of benzene rings is 1. The molecule has 0 unspecified atom stereocenters. The molecule has 1 aromatic heterocycles. The number of ether oxygens (including phenoxy) is 1. The van der Waals surface area contributed by atoms with E-state index >= 15 is 0 Å². The summed E-state index contributed by atoms with van der Waals surface area (Å²) in [6, 6.07) is 9.30. The number of pyridine rings is 1. The minimum Gasteiger partial charge on any atom is -0.370 e. The highest BCUT2D eigenvalue weighted by Gasteiger charge is 2.61. The highest BCUT2D eigenvalue weighted by molar-refractivity contribution is 7.99. The van der Waals surface area contributed by atoms with Crippen molar-refractivity contribution >= 4 is 40.2 Å². The zero-order valence-corrected chi connectivity index (χ0v) is 18.9. The average molecular weight is 452 g/mol. The first-order valence-corrected chi connectivity index (χ1v) is 11.8. The molecule has 0 saturated carbocycles. The molecule has 4 heterocycles. The van der Waals surface area contributed by atoms with Crippen molar-refractivity contribution in [1.29, 1.82) is 5.26 Å². The zero-order chi connectivity index (χ0) is 22.5. The van der Waals surface area contributed by atoms with Gasteiger partial charge in [-0.25, -0.2) is 0 Å². The molecule has 32 heavy (non-hydrogen) atoms. The van der Waals surface area contributed by atoms with E-state index in [2.05, 4.69) is 35.1 Å². The van der Waals surface area contributed by atoms with Crippen molar-refractivity contribution in [3.8, 4) is 6.07 Å². The Balaban J connectivity index is 1.31. The zero-order valence-electron chi connectivity index (χ0n) is 18.1. The van der Waals surface area contributed by atoms with E-state index in [1.807, 2.05) is 18.2 Å². The molecule has 2 aromatic rings. The van der Waals surface area contributed by atoms with E-state index in [9.17, 15) is 14.9 Å². The maximum absolute atomic E-state index is 12.9. The number of nitriles is 1. The van der Waals surface area contributed by atoms with Crippen LogP contribution in [-0.4, -0.2) is 71.2 Å². The summed E-state index contributed by atoms with van der Waals surface area (Å²) in [7, 11) is 0. The monoisotopic (exact) mass is 451 g/mol. The highest BCUT2D eigenvalue weighted by atomic mass is 32.2. The van der Waals surface area contributed by atoms with Crippen LogP contribution in [0, 0.1) is 16.7 Å². The van der Waals surface area contributed by atoms with E-state index in [-0.39, 0.29) is 29.4 Å². The summed E-state index contributed by atoms with van der Waals surface area (Å²) in [5.41, 5.74) is 2.33. The molecule has 2 amide bonds. The first-order valence-electron chi connectivity index (χ1n) is 10.7. The molecule has 166 valence electrons. The number of hydrogen-bond acceptors (Lipinski definition) is 7. The predicted molar refractivity (Wildman–Crippen MR) is 122 cm³/mol. The number of amides is 2. The third kappa shape index (κ3) is 3.29. The van der Waals surface area contributed by atoms with Crippen molar-refractivity contribution in [2.24, 2.45) is 5.41 Å². The van der Waals surface area contributed by atoms with Crippen LogP contribution in [0.15, 0.2) is 30.5 Å². The second kappa shape index (κ2) is 7.64. The van der Waals surface area contributed by atoms with Crippen molar-refractivity contribution in [3.63, 3.8) is 0 Å². The second-order valence-electron chi connectivity index (χ2n) is 9.27. The van der Waals surface area contributed by atoms with Crippen molar-refractivity contribution in [2.45, 2.75) is 25.5 Å². The number of fused-ring (bicyclic) bond motifs is 1. The van der Waals surface area contributed by atoms with Gasteiger partial charge in [0, 0.05) is 41.5 Å². The van der Waals surface area contributed by atoms with Gasteiger partial charge in [-0.3, -0.25) is 14.6 Å². The lowest BCUT2D eigenvalue weighted by molar-refractivity contribution is -0.262. The molecule has 1 aromatic carbocycles. The number of nitrogens with one attached hydrogen (secondary N) is 1. The van der Waals surface area contributed by atoms with Crippen LogP contribution < -0.4 is 10.2 Å². The van der Waals surface area contributed by atoms with Gasteiger partial charge in [-0.15, -0.1) is 11.8 Å². The first-order chi connectivity index (χ1) is 15.3. The molecule has 3 aliphatic rings. The normalized spacial score (nSPS) is 22.8. The fourth-order valence-electron chi connectivity index (χ4n) is 4.51. The minimum absolute atomic E-state index is 0.0768. The topological polar surface area (TPSA) is 98.6 Å². The van der Waals surface area contributed by atoms with Gasteiger partial charge in [-0.1, -0.05) is 13.8 Å². The fourth-order valence-corrected chi connectivity index (χ4v) is 5.62. The fraction of sp³-hybridized carbons (Fsp3) is 0.478. The number of nitrogens with zero attached hydrogens (tertiary/aromatic N) is 4. The molecule has 9 heteroatoms. The number of thioether (sulfide) groups is 1. The molecule has 1 spiro atoms. The number of hydrogen-bond donors (Lipinski definition) is 1. The first kappa shape index (κ1) is 21.0. The van der Waals surface area contributed by atoms with Crippen LogP contribution in [0.4, 0.5) is 5.69 Å². The Labute approximate surface area is 190 Å².